The highest BCUT2D eigenvalue weighted by atomic mass is 16.2. The van der Waals surface area contributed by atoms with E-state index in [1.54, 1.807) is 6.92 Å². The van der Waals surface area contributed by atoms with Gasteiger partial charge in [-0.15, -0.1) is 0 Å². The molecule has 0 aliphatic carbocycles. The van der Waals surface area contributed by atoms with Crippen molar-refractivity contribution in [3.05, 3.63) is 60.2 Å². The van der Waals surface area contributed by atoms with E-state index < -0.39 is 11.9 Å². The zero-order chi connectivity index (χ0) is 23.8. The molecule has 9 nitrogen and oxygen atoms in total. The molecule has 174 valence electrons. The van der Waals surface area contributed by atoms with Crippen molar-refractivity contribution in [2.75, 3.05) is 25.5 Å². The number of carbonyl (C=O) groups is 3. The number of nitrogens with one attached hydrogen (secondary N) is 3. The Morgan fingerprint density at radius 1 is 1.18 bits per heavy atom. The van der Waals surface area contributed by atoms with Crippen LogP contribution in [0.1, 0.15) is 47.9 Å². The Kier molecular flexibility index (Phi) is 8.26. The van der Waals surface area contributed by atoms with Crippen LogP contribution in [0.2, 0.25) is 0 Å². The monoisotopic (exact) mass is 450 g/mol. The summed E-state index contributed by atoms with van der Waals surface area (Å²) >= 11 is 0. The van der Waals surface area contributed by atoms with E-state index in [0.29, 0.717) is 30.9 Å². The largest absolute Gasteiger partial charge is 0.339 e. The van der Waals surface area contributed by atoms with Gasteiger partial charge in [0.25, 0.3) is 5.91 Å². The minimum atomic E-state index is -0.714. The zero-order valence-corrected chi connectivity index (χ0v) is 19.1. The highest BCUT2D eigenvalue weighted by molar-refractivity contribution is 5.98. The second kappa shape index (κ2) is 11.3. The van der Waals surface area contributed by atoms with Crippen LogP contribution in [-0.4, -0.2) is 58.8 Å². The molecule has 2 heterocycles. The van der Waals surface area contributed by atoms with E-state index in [4.69, 9.17) is 0 Å². The summed E-state index contributed by atoms with van der Waals surface area (Å²) in [5.74, 6) is -1.02. The molecule has 0 radical (unpaired) electrons. The average molecular weight is 451 g/mol. The molecule has 1 unspecified atom stereocenters. The van der Waals surface area contributed by atoms with Gasteiger partial charge in [-0.3, -0.25) is 19.4 Å². The Balaban J connectivity index is 1.61. The Hall–Kier alpha value is -3.59. The van der Waals surface area contributed by atoms with Crippen molar-refractivity contribution < 1.29 is 14.4 Å². The molecular weight excluding hydrogens is 420 g/mol. The Bertz CT molecular complexity index is 1020. The summed E-state index contributed by atoms with van der Waals surface area (Å²) in [6, 6.07) is 6.83. The van der Waals surface area contributed by atoms with Crippen LogP contribution >= 0.6 is 0 Å². The van der Waals surface area contributed by atoms with Gasteiger partial charge in [0, 0.05) is 18.8 Å². The fraction of sp³-hybridized carbons (Fsp3) is 0.375. The highest BCUT2D eigenvalue weighted by Gasteiger charge is 2.30. The summed E-state index contributed by atoms with van der Waals surface area (Å²) < 4.78 is 0. The van der Waals surface area contributed by atoms with Crippen LogP contribution in [0.4, 0.5) is 5.69 Å². The molecule has 3 N–H and O–H groups in total. The molecule has 9 heteroatoms. The lowest BCUT2D eigenvalue weighted by Crippen LogP contribution is -2.49. The van der Waals surface area contributed by atoms with Crippen LogP contribution in [0.5, 0.6) is 0 Å². The minimum Gasteiger partial charge on any atom is -0.339 e. The third-order valence-corrected chi connectivity index (χ3v) is 5.33. The number of anilines is 1. The highest BCUT2D eigenvalue weighted by Crippen LogP contribution is 2.15. The van der Waals surface area contributed by atoms with Gasteiger partial charge in [-0.25, -0.2) is 4.98 Å². The van der Waals surface area contributed by atoms with Crippen LogP contribution in [0.25, 0.3) is 5.57 Å². The number of nitrogens with zero attached hydrogens (tertiary/aromatic N) is 3. The topological polar surface area (TPSA) is 116 Å². The maximum absolute atomic E-state index is 13.1. The molecule has 0 spiro atoms. The number of allylic oxidation sites excluding steroid dienone is 1. The molecule has 3 rings (SSSR count). The minimum absolute atomic E-state index is 0.0748. The summed E-state index contributed by atoms with van der Waals surface area (Å²) in [7, 11) is 1.86. The predicted molar refractivity (Wildman–Crippen MR) is 126 cm³/mol. The maximum Gasteiger partial charge on any atom is 0.272 e. The van der Waals surface area contributed by atoms with Gasteiger partial charge in [0.15, 0.2) is 0 Å². The van der Waals surface area contributed by atoms with Crippen molar-refractivity contribution in [2.24, 2.45) is 0 Å². The SMILES string of the molecule is C=C(C)c1cnc(C(=O)NC2CCCCN(CC(=O)Nc3cccc(CNC)c3)C2=O)cn1. The van der Waals surface area contributed by atoms with Gasteiger partial charge in [-0.1, -0.05) is 18.7 Å². The van der Waals surface area contributed by atoms with E-state index in [1.807, 2.05) is 31.3 Å². The van der Waals surface area contributed by atoms with E-state index in [-0.39, 0.29) is 24.1 Å². The van der Waals surface area contributed by atoms with Crippen molar-refractivity contribution in [3.8, 4) is 0 Å². The van der Waals surface area contributed by atoms with Gasteiger partial charge in [0.05, 0.1) is 24.6 Å². The van der Waals surface area contributed by atoms with E-state index in [2.05, 4.69) is 32.5 Å². The van der Waals surface area contributed by atoms with Crippen molar-refractivity contribution in [1.82, 2.24) is 25.5 Å². The van der Waals surface area contributed by atoms with Crippen molar-refractivity contribution >= 4 is 29.0 Å². The maximum atomic E-state index is 13.1. The van der Waals surface area contributed by atoms with E-state index in [0.717, 1.165) is 24.0 Å². The first-order chi connectivity index (χ1) is 15.9. The second-order valence-electron chi connectivity index (χ2n) is 8.13. The van der Waals surface area contributed by atoms with E-state index in [1.165, 1.54) is 17.3 Å². The van der Waals surface area contributed by atoms with Crippen LogP contribution in [0.3, 0.4) is 0 Å². The van der Waals surface area contributed by atoms with Gasteiger partial charge >= 0.3 is 0 Å². The van der Waals surface area contributed by atoms with Crippen molar-refractivity contribution in [3.63, 3.8) is 0 Å². The molecular formula is C24H30N6O3. The summed E-state index contributed by atoms with van der Waals surface area (Å²) in [5.41, 5.74) is 3.20. The molecule has 1 aromatic heterocycles. The molecule has 1 fully saturated rings. The Morgan fingerprint density at radius 3 is 2.64 bits per heavy atom. The Labute approximate surface area is 193 Å². The van der Waals surface area contributed by atoms with E-state index in [9.17, 15) is 14.4 Å². The fourth-order valence-corrected chi connectivity index (χ4v) is 3.63. The van der Waals surface area contributed by atoms with Gasteiger partial charge < -0.3 is 20.9 Å². The number of likely N-dealkylation sites (tertiary alicyclic amines) is 1. The van der Waals surface area contributed by atoms with Gasteiger partial charge in [0.2, 0.25) is 11.8 Å². The Morgan fingerprint density at radius 2 is 1.94 bits per heavy atom. The number of carbonyl (C=O) groups excluding carboxylic acids is 3. The molecule has 1 atom stereocenters. The number of aromatic nitrogens is 2. The first-order valence-corrected chi connectivity index (χ1v) is 11.0. The fourth-order valence-electron chi connectivity index (χ4n) is 3.63. The lowest BCUT2D eigenvalue weighted by atomic mass is 10.1. The van der Waals surface area contributed by atoms with Gasteiger partial charge in [-0.2, -0.15) is 0 Å². The molecule has 33 heavy (non-hydrogen) atoms. The normalized spacial score (nSPS) is 16.1. The average Bonchev–Trinajstić information content (AvgIpc) is 2.96. The van der Waals surface area contributed by atoms with Gasteiger partial charge in [0.1, 0.15) is 11.7 Å². The molecule has 1 aromatic carbocycles. The third kappa shape index (κ3) is 6.69. The number of amides is 3. The van der Waals surface area contributed by atoms with Crippen LogP contribution < -0.4 is 16.0 Å². The molecule has 3 amide bonds. The van der Waals surface area contributed by atoms with Crippen molar-refractivity contribution in [1.29, 1.82) is 0 Å². The molecule has 0 saturated carbocycles. The first kappa shape index (κ1) is 24.1. The number of hydrogen-bond donors (Lipinski definition) is 3. The molecule has 0 bridgehead atoms. The first-order valence-electron chi connectivity index (χ1n) is 11.0. The van der Waals surface area contributed by atoms with Crippen LogP contribution in [-0.2, 0) is 16.1 Å². The summed E-state index contributed by atoms with van der Waals surface area (Å²) in [5, 5.41) is 8.68. The lowest BCUT2D eigenvalue weighted by Gasteiger charge is -2.24. The molecule has 1 aliphatic heterocycles. The lowest BCUT2D eigenvalue weighted by molar-refractivity contribution is -0.135. The summed E-state index contributed by atoms with van der Waals surface area (Å²) in [6.07, 6.45) is 4.88. The van der Waals surface area contributed by atoms with Crippen LogP contribution in [0.15, 0.2) is 43.2 Å². The third-order valence-electron chi connectivity index (χ3n) is 5.33. The van der Waals surface area contributed by atoms with Gasteiger partial charge in [-0.05, 0) is 56.5 Å². The molecule has 2 aromatic rings. The van der Waals surface area contributed by atoms with E-state index >= 15 is 0 Å². The zero-order valence-electron chi connectivity index (χ0n) is 19.1. The summed E-state index contributed by atoms with van der Waals surface area (Å²) in [6.45, 7) is 6.68. The second-order valence-corrected chi connectivity index (χ2v) is 8.13. The number of benzene rings is 1. The molecule has 1 saturated heterocycles. The predicted octanol–water partition coefficient (Wildman–Crippen LogP) is 1.98. The molecule has 1 aliphatic rings. The quantitative estimate of drug-likeness (QED) is 0.566. The summed E-state index contributed by atoms with van der Waals surface area (Å²) in [4.78, 5) is 48.1. The number of hydrogen-bond acceptors (Lipinski definition) is 6. The number of rotatable bonds is 8. The smallest absolute Gasteiger partial charge is 0.272 e. The van der Waals surface area contributed by atoms with Crippen LogP contribution in [0, 0.1) is 0 Å². The standard InChI is InChI=1S/C24H30N6O3/c1-16(2)20-13-27-21(14-26-20)23(32)29-19-9-4-5-10-30(24(19)33)15-22(31)28-18-8-6-7-17(11-18)12-25-3/h6-8,11,13-14,19,25H,1,4-5,9-10,12,15H2,2-3H3,(H,28,31)(H,29,32). The van der Waals surface area contributed by atoms with Crippen molar-refractivity contribution in [2.45, 2.75) is 38.8 Å².